The number of benzene rings is 6. The fourth-order valence-electron chi connectivity index (χ4n) is 7.45. The number of carboxylic acid groups (broad SMARTS) is 1. The van der Waals surface area contributed by atoms with Crippen LogP contribution in [0.4, 0.5) is 35.1 Å². The number of hydrogen-bond donors (Lipinski definition) is 2. The number of aromatic carboxylic acids is 1. The predicted octanol–water partition coefficient (Wildman–Crippen LogP) is 16.7. The highest BCUT2D eigenvalue weighted by molar-refractivity contribution is 6.31. The fraction of sp³-hybridized carbons (Fsp3) is 0.345. The van der Waals surface area contributed by atoms with E-state index in [9.17, 15) is 44.7 Å². The first-order valence-corrected chi connectivity index (χ1v) is 24.5. The maximum atomic E-state index is 14.6. The summed E-state index contributed by atoms with van der Waals surface area (Å²) in [6.45, 7) is 19.4. The van der Waals surface area contributed by atoms with Crippen LogP contribution >= 0.6 is 35.6 Å². The second kappa shape index (κ2) is 27.4. The number of nitrogens with one attached hydrogen (secondary N) is 1. The van der Waals surface area contributed by atoms with Gasteiger partial charge in [0.1, 0.15) is 11.6 Å². The summed E-state index contributed by atoms with van der Waals surface area (Å²) < 4.78 is 103. The van der Waals surface area contributed by atoms with Crippen molar-refractivity contribution >= 4 is 47.5 Å². The number of halogens is 11. The molecule has 0 unspecified atom stereocenters. The molecule has 6 aromatic carbocycles. The number of hydrogen-bond acceptors (Lipinski definition) is 3. The molecule has 0 atom stereocenters. The molecule has 0 bridgehead atoms. The fourth-order valence-corrected chi connectivity index (χ4v) is 7.95. The van der Waals surface area contributed by atoms with Crippen molar-refractivity contribution in [1.82, 2.24) is 10.2 Å². The summed E-state index contributed by atoms with van der Waals surface area (Å²) in [7, 11) is 0. The van der Waals surface area contributed by atoms with E-state index in [1.807, 2.05) is 49.4 Å². The average molecular weight is 1090 g/mol. The third-order valence-electron chi connectivity index (χ3n) is 11.9. The minimum Gasteiger partial charge on any atom is -0.478 e. The molecule has 5 nitrogen and oxygen atoms in total. The predicted molar refractivity (Wildman–Crippen MR) is 283 cm³/mol. The van der Waals surface area contributed by atoms with Crippen LogP contribution in [0, 0.1) is 11.6 Å². The van der Waals surface area contributed by atoms with Gasteiger partial charge in [0.25, 0.3) is 5.91 Å². The van der Waals surface area contributed by atoms with Crippen LogP contribution in [0.25, 0.3) is 0 Å². The zero-order chi connectivity index (χ0) is 54.5. The Balaban J connectivity index is 0.000000324. The molecule has 16 heteroatoms. The van der Waals surface area contributed by atoms with E-state index in [4.69, 9.17) is 28.3 Å². The summed E-state index contributed by atoms with van der Waals surface area (Å²) in [4.78, 5) is 25.1. The molecule has 400 valence electrons. The smallest absolute Gasteiger partial charge is 0.416 e. The molecule has 0 radical (unpaired) electrons. The van der Waals surface area contributed by atoms with Crippen molar-refractivity contribution in [2.75, 3.05) is 13.1 Å². The molecule has 0 fully saturated rings. The number of carbonyl (C=O) groups is 2. The molecular weight excluding hydrogens is 1030 g/mol. The number of rotatable bonds is 14. The summed E-state index contributed by atoms with van der Waals surface area (Å²) in [5.41, 5.74) is 5.45. The Hall–Kier alpha value is -5.47. The minimum atomic E-state index is -4.68. The van der Waals surface area contributed by atoms with Gasteiger partial charge in [-0.15, -0.1) is 12.4 Å². The van der Waals surface area contributed by atoms with E-state index in [-0.39, 0.29) is 42.4 Å². The largest absolute Gasteiger partial charge is 0.478 e. The summed E-state index contributed by atoms with van der Waals surface area (Å²) in [5.74, 6) is -4.69. The summed E-state index contributed by atoms with van der Waals surface area (Å²) in [5, 5.41) is 13.4. The highest BCUT2D eigenvalue weighted by Gasteiger charge is 2.33. The van der Waals surface area contributed by atoms with Crippen molar-refractivity contribution in [1.29, 1.82) is 0 Å². The van der Waals surface area contributed by atoms with Gasteiger partial charge in [0, 0.05) is 29.7 Å². The van der Waals surface area contributed by atoms with Gasteiger partial charge in [-0.25, -0.2) is 13.6 Å². The maximum absolute atomic E-state index is 14.6. The molecule has 2 N–H and O–H groups in total. The van der Waals surface area contributed by atoms with Crippen LogP contribution in [-0.4, -0.2) is 35.0 Å². The van der Waals surface area contributed by atoms with Gasteiger partial charge in [-0.1, -0.05) is 151 Å². The lowest BCUT2D eigenvalue weighted by Gasteiger charge is -2.25. The van der Waals surface area contributed by atoms with Crippen LogP contribution in [0.5, 0.6) is 0 Å². The molecule has 6 rings (SSSR count). The van der Waals surface area contributed by atoms with Crippen LogP contribution in [0.3, 0.4) is 0 Å². The van der Waals surface area contributed by atoms with Crippen molar-refractivity contribution in [2.24, 2.45) is 0 Å². The quantitative estimate of drug-likeness (QED) is 0.0842. The molecule has 74 heavy (non-hydrogen) atoms. The molecule has 0 saturated carbocycles. The Bertz CT molecular complexity index is 2790. The Labute approximate surface area is 445 Å². The maximum Gasteiger partial charge on any atom is 0.416 e. The topological polar surface area (TPSA) is 69.6 Å². The lowest BCUT2D eigenvalue weighted by molar-refractivity contribution is -0.138. The SMILES string of the molecule is CCc1cc(CCN(Cc2ccc(C(C)(C)C)cc2)C(=O)c2cc(C(F)(F)F)ccc2F)ccc1Cl.CCc1cc(CCNCc2ccc(C(C)(C)C)cc2)ccc1Cl.Cl.O=C(O)c1cc(C(F)(F)F)ccc1F. The van der Waals surface area contributed by atoms with Gasteiger partial charge in [0.05, 0.1) is 22.3 Å². The van der Waals surface area contributed by atoms with E-state index < -0.39 is 58.1 Å². The van der Waals surface area contributed by atoms with Gasteiger partial charge in [-0.05, 0) is 136 Å². The highest BCUT2D eigenvalue weighted by Crippen LogP contribution is 2.32. The minimum absolute atomic E-state index is 0. The number of alkyl halides is 6. The zero-order valence-electron chi connectivity index (χ0n) is 42.6. The van der Waals surface area contributed by atoms with Crippen molar-refractivity contribution in [2.45, 2.75) is 117 Å². The summed E-state index contributed by atoms with van der Waals surface area (Å²) in [6, 6.07) is 31.8. The second-order valence-electron chi connectivity index (χ2n) is 19.5. The lowest BCUT2D eigenvalue weighted by Crippen LogP contribution is -2.33. The molecule has 0 spiro atoms. The Morgan fingerprint density at radius 3 is 1.35 bits per heavy atom. The van der Waals surface area contributed by atoms with E-state index in [1.54, 1.807) is 6.07 Å². The van der Waals surface area contributed by atoms with Crippen molar-refractivity contribution in [3.8, 4) is 0 Å². The van der Waals surface area contributed by atoms with Crippen LogP contribution < -0.4 is 5.32 Å². The number of aryl methyl sites for hydroxylation is 2. The van der Waals surface area contributed by atoms with E-state index in [0.717, 1.165) is 59.6 Å². The van der Waals surface area contributed by atoms with Gasteiger partial charge in [0.15, 0.2) is 0 Å². The van der Waals surface area contributed by atoms with Gasteiger partial charge >= 0.3 is 18.3 Å². The number of nitrogens with zero attached hydrogens (tertiary/aromatic N) is 1. The first-order chi connectivity index (χ1) is 34.0. The third kappa shape index (κ3) is 19.0. The van der Waals surface area contributed by atoms with E-state index in [1.165, 1.54) is 27.2 Å². The third-order valence-corrected chi connectivity index (χ3v) is 12.7. The molecule has 6 aromatic rings. The molecular formula is C58H63Cl3F8N2O3. The van der Waals surface area contributed by atoms with Gasteiger partial charge in [-0.3, -0.25) is 4.79 Å². The summed E-state index contributed by atoms with van der Waals surface area (Å²) >= 11 is 12.4. The number of carboxylic acids is 1. The standard InChI is InChI=1S/C29H30ClF4NO.C21H28ClN.C8H4F4O2.ClH/c1-5-21-16-19(8-12-25(21)30)14-15-35(18-20-6-9-22(10-7-20)28(2,3)4)27(36)24-17-23(29(32,33)34)11-13-26(24)31;1-5-18-14-16(8-11-20(18)22)12-13-23-15-17-6-9-19(10-7-17)21(2,3)4;9-6-2-1-4(8(10,11)12)3-5(6)7(13)14;/h6-13,16-17H,5,14-15,18H2,1-4H3;6-11,14,23H,5,12-13,15H2,1-4H3;1-3H,(H,13,14);1H. The lowest BCUT2D eigenvalue weighted by atomic mass is 9.87. The highest BCUT2D eigenvalue weighted by atomic mass is 35.5. The van der Waals surface area contributed by atoms with Gasteiger partial charge in [-0.2, -0.15) is 26.3 Å². The zero-order valence-corrected chi connectivity index (χ0v) is 44.9. The van der Waals surface area contributed by atoms with Crippen molar-refractivity contribution < 1.29 is 49.8 Å². The van der Waals surface area contributed by atoms with Crippen molar-refractivity contribution in [3.63, 3.8) is 0 Å². The monoisotopic (exact) mass is 1090 g/mol. The van der Waals surface area contributed by atoms with E-state index in [0.29, 0.717) is 41.8 Å². The molecule has 0 aliphatic carbocycles. The molecule has 0 aromatic heterocycles. The van der Waals surface area contributed by atoms with E-state index >= 15 is 0 Å². The van der Waals surface area contributed by atoms with Crippen LogP contribution in [0.15, 0.2) is 121 Å². The first kappa shape index (κ1) is 62.8. The summed E-state index contributed by atoms with van der Waals surface area (Å²) in [6.07, 6.45) is -6.15. The second-order valence-corrected chi connectivity index (χ2v) is 20.4. The van der Waals surface area contributed by atoms with E-state index in [2.05, 4.69) is 90.2 Å². The number of amides is 1. The Morgan fingerprint density at radius 1 is 0.541 bits per heavy atom. The molecule has 0 heterocycles. The molecule has 0 saturated heterocycles. The Morgan fingerprint density at radius 2 is 0.932 bits per heavy atom. The average Bonchev–Trinajstić information content (AvgIpc) is 3.32. The first-order valence-electron chi connectivity index (χ1n) is 23.7. The normalized spacial score (nSPS) is 11.6. The Kier molecular flexibility index (Phi) is 23.2. The van der Waals surface area contributed by atoms with Gasteiger partial charge in [0.2, 0.25) is 0 Å². The van der Waals surface area contributed by atoms with Crippen LogP contribution in [-0.2, 0) is 62.0 Å². The van der Waals surface area contributed by atoms with Crippen molar-refractivity contribution in [3.05, 3.63) is 210 Å². The molecule has 0 aliphatic rings. The molecule has 1 amide bonds. The molecule has 0 aliphatic heterocycles. The number of carbonyl (C=O) groups excluding carboxylic acids is 1. The van der Waals surface area contributed by atoms with Gasteiger partial charge < -0.3 is 15.3 Å². The van der Waals surface area contributed by atoms with Crippen LogP contribution in [0.1, 0.15) is 132 Å². The van der Waals surface area contributed by atoms with Crippen LogP contribution in [0.2, 0.25) is 10.0 Å².